The van der Waals surface area contributed by atoms with E-state index in [9.17, 15) is 29.1 Å². The highest BCUT2D eigenvalue weighted by atomic mass is 16.5. The zero-order valence-electron chi connectivity index (χ0n) is 26.2. The average molecular weight is 591 g/mol. The van der Waals surface area contributed by atoms with Crippen molar-refractivity contribution in [1.82, 2.24) is 21.3 Å². The summed E-state index contributed by atoms with van der Waals surface area (Å²) in [6.45, 7) is 12.8. The molecule has 0 aliphatic heterocycles. The van der Waals surface area contributed by atoms with Gasteiger partial charge in [0.05, 0.1) is 25.7 Å². The second-order valence-electron chi connectivity index (χ2n) is 12.0. The van der Waals surface area contributed by atoms with Crippen molar-refractivity contribution in [3.05, 3.63) is 35.9 Å². The minimum atomic E-state index is -1.24. The van der Waals surface area contributed by atoms with Crippen LogP contribution >= 0.6 is 0 Å². The van der Waals surface area contributed by atoms with Crippen LogP contribution in [0.3, 0.4) is 0 Å². The number of aliphatic hydroxyl groups is 1. The molecule has 1 rings (SSSR count). The van der Waals surface area contributed by atoms with Gasteiger partial charge in [-0.3, -0.25) is 19.2 Å². The first-order valence-electron chi connectivity index (χ1n) is 14.6. The minimum Gasteiger partial charge on any atom is -0.467 e. The number of carbonyl (C=O) groups excluding carboxylic acids is 5. The van der Waals surface area contributed by atoms with E-state index in [1.807, 2.05) is 71.9 Å². The molecule has 0 heterocycles. The summed E-state index contributed by atoms with van der Waals surface area (Å²) >= 11 is 0. The molecule has 0 fully saturated rings. The van der Waals surface area contributed by atoms with Crippen LogP contribution in [0.1, 0.15) is 73.3 Å². The second kappa shape index (κ2) is 18.1. The van der Waals surface area contributed by atoms with Gasteiger partial charge in [-0.1, -0.05) is 71.9 Å². The van der Waals surface area contributed by atoms with Crippen molar-refractivity contribution in [2.45, 2.75) is 104 Å². The SMILES string of the molecule is COC(=O)[C@H](Cc1ccccc1)NC(=O)[C@H](C)NC(=O)C[C@H](O)[C@H](CC(C)C)NC(=O)[C@@H](NC(=O)CC(C)C)C(C)C. The Kier molecular flexibility index (Phi) is 15.8. The fourth-order valence-electron chi connectivity index (χ4n) is 4.41. The molecule has 0 aromatic heterocycles. The molecule has 11 heteroatoms. The quantitative estimate of drug-likeness (QED) is 0.173. The Morgan fingerprint density at radius 1 is 0.762 bits per heavy atom. The van der Waals surface area contributed by atoms with E-state index in [2.05, 4.69) is 21.3 Å². The third-order valence-corrected chi connectivity index (χ3v) is 6.63. The maximum atomic E-state index is 13.1. The van der Waals surface area contributed by atoms with Crippen LogP contribution < -0.4 is 21.3 Å². The van der Waals surface area contributed by atoms with E-state index in [0.717, 1.165) is 5.56 Å². The molecule has 0 spiro atoms. The molecule has 0 radical (unpaired) electrons. The summed E-state index contributed by atoms with van der Waals surface area (Å²) in [4.78, 5) is 63.4. The first-order valence-corrected chi connectivity index (χ1v) is 14.6. The lowest BCUT2D eigenvalue weighted by atomic mass is 9.95. The Balaban J connectivity index is 2.83. The molecule has 1 aromatic rings. The topological polar surface area (TPSA) is 163 Å². The van der Waals surface area contributed by atoms with Crippen LogP contribution in [0.15, 0.2) is 30.3 Å². The van der Waals surface area contributed by atoms with Crippen LogP contribution in [-0.2, 0) is 35.1 Å². The van der Waals surface area contributed by atoms with Crippen LogP contribution in [0.5, 0.6) is 0 Å². The van der Waals surface area contributed by atoms with E-state index in [0.29, 0.717) is 6.42 Å². The number of ether oxygens (including phenoxy) is 1. The van der Waals surface area contributed by atoms with E-state index in [1.54, 1.807) is 0 Å². The van der Waals surface area contributed by atoms with Crippen LogP contribution in [-0.4, -0.2) is 72.1 Å². The molecule has 4 amide bonds. The van der Waals surface area contributed by atoms with Crippen molar-refractivity contribution in [3.63, 3.8) is 0 Å². The van der Waals surface area contributed by atoms with E-state index in [-0.39, 0.29) is 42.9 Å². The Morgan fingerprint density at radius 2 is 1.36 bits per heavy atom. The average Bonchev–Trinajstić information content (AvgIpc) is 2.89. The second-order valence-corrected chi connectivity index (χ2v) is 12.0. The van der Waals surface area contributed by atoms with Gasteiger partial charge in [-0.25, -0.2) is 4.79 Å². The number of methoxy groups -OCH3 is 1. The van der Waals surface area contributed by atoms with Gasteiger partial charge < -0.3 is 31.1 Å². The van der Waals surface area contributed by atoms with Crippen LogP contribution in [0.2, 0.25) is 0 Å². The van der Waals surface area contributed by atoms with Crippen molar-refractivity contribution in [2.24, 2.45) is 17.8 Å². The monoisotopic (exact) mass is 590 g/mol. The predicted octanol–water partition coefficient (Wildman–Crippen LogP) is 1.86. The van der Waals surface area contributed by atoms with E-state index >= 15 is 0 Å². The highest BCUT2D eigenvalue weighted by molar-refractivity contribution is 5.91. The largest absolute Gasteiger partial charge is 0.467 e. The lowest BCUT2D eigenvalue weighted by Crippen LogP contribution is -2.55. The van der Waals surface area contributed by atoms with Gasteiger partial charge in [0, 0.05) is 12.8 Å². The molecule has 0 aliphatic rings. The Morgan fingerprint density at radius 3 is 1.88 bits per heavy atom. The lowest BCUT2D eigenvalue weighted by molar-refractivity contribution is -0.145. The summed E-state index contributed by atoms with van der Waals surface area (Å²) in [7, 11) is 1.23. The Bertz CT molecular complexity index is 1030. The van der Waals surface area contributed by atoms with Crippen molar-refractivity contribution in [3.8, 4) is 0 Å². The smallest absolute Gasteiger partial charge is 0.328 e. The van der Waals surface area contributed by atoms with Crippen LogP contribution in [0.4, 0.5) is 0 Å². The molecular formula is C31H50N4O7. The van der Waals surface area contributed by atoms with E-state index < -0.39 is 54.0 Å². The number of amides is 4. The van der Waals surface area contributed by atoms with Gasteiger partial charge in [-0.15, -0.1) is 0 Å². The summed E-state index contributed by atoms with van der Waals surface area (Å²) in [6.07, 6.45) is -0.725. The normalized spacial score (nSPS) is 14.9. The zero-order valence-corrected chi connectivity index (χ0v) is 26.2. The number of rotatable bonds is 17. The third-order valence-electron chi connectivity index (χ3n) is 6.63. The number of hydrogen-bond donors (Lipinski definition) is 5. The molecule has 1 aromatic carbocycles. The molecule has 0 aliphatic carbocycles. The van der Waals surface area contributed by atoms with Crippen LogP contribution in [0.25, 0.3) is 0 Å². The van der Waals surface area contributed by atoms with Gasteiger partial charge in [0.1, 0.15) is 18.1 Å². The molecule has 0 unspecified atom stereocenters. The summed E-state index contributed by atoms with van der Waals surface area (Å²) in [5.74, 6) is -2.45. The number of carbonyl (C=O) groups is 5. The molecule has 0 saturated carbocycles. The predicted molar refractivity (Wildman–Crippen MR) is 160 cm³/mol. The maximum absolute atomic E-state index is 13.1. The fraction of sp³-hybridized carbons (Fsp3) is 0.645. The molecule has 5 atom stereocenters. The Hall–Kier alpha value is -3.47. The third kappa shape index (κ3) is 13.5. The first kappa shape index (κ1) is 36.6. The molecule has 236 valence electrons. The van der Waals surface area contributed by atoms with Crippen molar-refractivity contribution < 1.29 is 33.8 Å². The number of benzene rings is 1. The highest BCUT2D eigenvalue weighted by Gasteiger charge is 2.31. The van der Waals surface area contributed by atoms with Crippen molar-refractivity contribution in [1.29, 1.82) is 0 Å². The molecule has 11 nitrogen and oxygen atoms in total. The van der Waals surface area contributed by atoms with E-state index in [1.165, 1.54) is 14.0 Å². The van der Waals surface area contributed by atoms with Crippen LogP contribution in [0, 0.1) is 17.8 Å². The van der Waals surface area contributed by atoms with Crippen molar-refractivity contribution >= 4 is 29.6 Å². The molecule has 5 N–H and O–H groups in total. The van der Waals surface area contributed by atoms with Crippen molar-refractivity contribution in [2.75, 3.05) is 7.11 Å². The zero-order chi connectivity index (χ0) is 32.0. The van der Waals surface area contributed by atoms with Gasteiger partial charge in [0.2, 0.25) is 23.6 Å². The number of esters is 1. The summed E-state index contributed by atoms with van der Waals surface area (Å²) in [5, 5.41) is 21.7. The molecule has 0 saturated heterocycles. The van der Waals surface area contributed by atoms with E-state index in [4.69, 9.17) is 4.74 Å². The standard InChI is InChI=1S/C31H50N4O7/c1-18(2)14-23(33-30(40)28(20(5)6)35-26(37)15-19(3)4)25(36)17-27(38)32-21(7)29(39)34-24(31(41)42-8)16-22-12-10-9-11-13-22/h9-13,18-21,23-25,28,36H,14-17H2,1-8H3,(H,32,38)(H,33,40)(H,34,39)(H,35,37)/t21-,23-,24-,25-,28-/m0/s1. The molecule has 42 heavy (non-hydrogen) atoms. The van der Waals surface area contributed by atoms with Gasteiger partial charge in [0.15, 0.2) is 0 Å². The number of hydrogen-bond acceptors (Lipinski definition) is 7. The maximum Gasteiger partial charge on any atom is 0.328 e. The summed E-state index contributed by atoms with van der Waals surface area (Å²) in [6, 6.07) is 5.62. The summed E-state index contributed by atoms with van der Waals surface area (Å²) < 4.78 is 4.83. The highest BCUT2D eigenvalue weighted by Crippen LogP contribution is 2.13. The van der Waals surface area contributed by atoms with Gasteiger partial charge in [0.25, 0.3) is 0 Å². The van der Waals surface area contributed by atoms with Gasteiger partial charge in [-0.2, -0.15) is 0 Å². The lowest BCUT2D eigenvalue weighted by Gasteiger charge is -2.29. The first-order chi connectivity index (χ1) is 19.6. The number of nitrogens with one attached hydrogen (secondary N) is 4. The molecular weight excluding hydrogens is 540 g/mol. The van der Waals surface area contributed by atoms with Gasteiger partial charge in [-0.05, 0) is 36.7 Å². The van der Waals surface area contributed by atoms with Gasteiger partial charge >= 0.3 is 5.97 Å². The number of aliphatic hydroxyl groups excluding tert-OH is 1. The molecule has 0 bridgehead atoms. The summed E-state index contributed by atoms with van der Waals surface area (Å²) in [5.41, 5.74) is 0.824. The fourth-order valence-corrected chi connectivity index (χ4v) is 4.41. The minimum absolute atomic E-state index is 0.0885. The Labute approximate surface area is 249 Å².